The summed E-state index contributed by atoms with van der Waals surface area (Å²) in [6.07, 6.45) is 7.53. The quantitative estimate of drug-likeness (QED) is 0.332. The van der Waals surface area contributed by atoms with Crippen molar-refractivity contribution in [2.45, 2.75) is 70.2 Å². The van der Waals surface area contributed by atoms with Gasteiger partial charge in [0.15, 0.2) is 0 Å². The maximum Gasteiger partial charge on any atom is 0.245 e. The number of hydrogen-bond acceptors (Lipinski definition) is 10. The summed E-state index contributed by atoms with van der Waals surface area (Å²) in [6.45, 7) is 14.6. The van der Waals surface area contributed by atoms with E-state index in [2.05, 4.69) is 45.7 Å². The van der Waals surface area contributed by atoms with Crippen LogP contribution < -0.4 is 15.1 Å². The minimum atomic E-state index is -3.36. The summed E-state index contributed by atoms with van der Waals surface area (Å²) in [5, 5.41) is 15.7. The number of hydrogen-bond donors (Lipinski definition) is 2. The summed E-state index contributed by atoms with van der Waals surface area (Å²) in [6, 6.07) is 7.79. The molecule has 3 fully saturated rings. The Hall–Kier alpha value is -3.81. The van der Waals surface area contributed by atoms with Crippen LogP contribution in [0.3, 0.4) is 0 Å². The number of aromatic nitrogens is 3. The highest BCUT2D eigenvalue weighted by Gasteiger charge is 2.45. The van der Waals surface area contributed by atoms with Gasteiger partial charge in [0.2, 0.25) is 21.9 Å². The molecule has 2 aromatic heterocycles. The predicted molar refractivity (Wildman–Crippen MR) is 181 cm³/mol. The van der Waals surface area contributed by atoms with Gasteiger partial charge in [-0.05, 0) is 75.8 Å². The molecule has 0 unspecified atom stereocenters. The second-order valence-electron chi connectivity index (χ2n) is 13.4. The molecule has 3 saturated heterocycles. The van der Waals surface area contributed by atoms with Crippen LogP contribution in [0.4, 0.5) is 23.3 Å². The molecule has 0 bridgehead atoms. The standard InChI is InChI=1S/C33H44N8O4S/c1-7-31(42)39-18-23(19-39)24-8-9-27(40-20-28(22(40)4)41(21(2)3)46(6,44)45)26-17-35-30(16-25(24)26)36-29-10-13-34-32(37-29)38-14-11-33(5,43)12-15-38/h7-10,13,16-17,21-23,28,43H,1,11-12,14-15,18-20H2,2-6H3,(H,34,35,36,37)/t22-,28+/m1/s1. The highest BCUT2D eigenvalue weighted by molar-refractivity contribution is 7.88. The van der Waals surface area contributed by atoms with Crippen molar-refractivity contribution in [1.82, 2.24) is 24.2 Å². The van der Waals surface area contributed by atoms with E-state index in [0.29, 0.717) is 63.1 Å². The molecule has 0 radical (unpaired) electrons. The molecule has 12 nitrogen and oxygen atoms in total. The Kier molecular flexibility index (Phi) is 8.45. The minimum Gasteiger partial charge on any atom is -0.390 e. The Balaban J connectivity index is 1.30. The number of likely N-dealkylation sites (tertiary alicyclic amines) is 1. The van der Waals surface area contributed by atoms with Gasteiger partial charge in [-0.1, -0.05) is 12.6 Å². The van der Waals surface area contributed by atoms with Gasteiger partial charge in [0.25, 0.3) is 0 Å². The molecule has 3 aliphatic heterocycles. The van der Waals surface area contributed by atoms with Crippen LogP contribution in [0.5, 0.6) is 0 Å². The minimum absolute atomic E-state index is 0.0219. The molecule has 2 atom stereocenters. The Labute approximate surface area is 271 Å². The van der Waals surface area contributed by atoms with Gasteiger partial charge in [0, 0.05) is 74.2 Å². The number of pyridine rings is 1. The number of rotatable bonds is 9. The molecule has 0 saturated carbocycles. The first-order valence-electron chi connectivity index (χ1n) is 15.9. The van der Waals surface area contributed by atoms with E-state index in [4.69, 9.17) is 9.97 Å². The van der Waals surface area contributed by atoms with E-state index in [1.807, 2.05) is 39.1 Å². The average molecular weight is 649 g/mol. The second kappa shape index (κ2) is 12.1. The molecule has 46 heavy (non-hydrogen) atoms. The van der Waals surface area contributed by atoms with Crippen molar-refractivity contribution in [2.24, 2.45) is 0 Å². The molecule has 5 heterocycles. The van der Waals surface area contributed by atoms with Crippen molar-refractivity contribution in [1.29, 1.82) is 0 Å². The number of carbonyl (C=O) groups excluding carboxylic acids is 1. The summed E-state index contributed by atoms with van der Waals surface area (Å²) < 4.78 is 26.9. The number of amides is 1. The van der Waals surface area contributed by atoms with Crippen molar-refractivity contribution < 1.29 is 18.3 Å². The van der Waals surface area contributed by atoms with Crippen LogP contribution in [0.2, 0.25) is 0 Å². The fourth-order valence-electron chi connectivity index (χ4n) is 7.01. The molecular formula is C33H44N8O4S. The number of fused-ring (bicyclic) bond motifs is 1. The average Bonchev–Trinajstić information content (AvgIpc) is 2.97. The van der Waals surface area contributed by atoms with E-state index >= 15 is 0 Å². The molecule has 6 rings (SSSR count). The van der Waals surface area contributed by atoms with Crippen LogP contribution >= 0.6 is 0 Å². The van der Waals surface area contributed by atoms with Crippen molar-refractivity contribution in [2.75, 3.05) is 54.1 Å². The fraction of sp³-hybridized carbons (Fsp3) is 0.515. The van der Waals surface area contributed by atoms with Gasteiger partial charge >= 0.3 is 0 Å². The first-order valence-corrected chi connectivity index (χ1v) is 17.8. The third kappa shape index (κ3) is 6.15. The van der Waals surface area contributed by atoms with E-state index in [1.54, 1.807) is 15.4 Å². The van der Waals surface area contributed by atoms with Gasteiger partial charge in [0.1, 0.15) is 11.6 Å². The van der Waals surface area contributed by atoms with Crippen molar-refractivity contribution in [3.05, 3.63) is 54.9 Å². The number of nitrogens with one attached hydrogen (secondary N) is 1. The van der Waals surface area contributed by atoms with Gasteiger partial charge in [-0.25, -0.2) is 18.4 Å². The summed E-state index contributed by atoms with van der Waals surface area (Å²) in [5.74, 6) is 1.96. The zero-order valence-corrected chi connectivity index (χ0v) is 28.0. The monoisotopic (exact) mass is 648 g/mol. The summed E-state index contributed by atoms with van der Waals surface area (Å²) >= 11 is 0. The number of carbonyl (C=O) groups is 1. The highest BCUT2D eigenvalue weighted by Crippen LogP contribution is 2.41. The normalized spacial score (nSPS) is 21.8. The van der Waals surface area contributed by atoms with Gasteiger partial charge in [-0.2, -0.15) is 9.29 Å². The third-order valence-electron chi connectivity index (χ3n) is 9.70. The Morgan fingerprint density at radius 3 is 2.48 bits per heavy atom. The Morgan fingerprint density at radius 1 is 1.13 bits per heavy atom. The molecule has 1 amide bonds. The molecule has 246 valence electrons. The number of sulfonamides is 1. The zero-order chi connectivity index (χ0) is 33.0. The SMILES string of the molecule is C=CC(=O)N1CC(c2ccc(N3C[C@H](N(C(C)C)S(C)(=O)=O)[C@H]3C)c3cnc(Nc4ccnc(N5CCC(C)(O)CC5)n4)cc23)C1. The van der Waals surface area contributed by atoms with Crippen LogP contribution in [0, 0.1) is 0 Å². The van der Waals surface area contributed by atoms with Gasteiger partial charge < -0.3 is 25.1 Å². The number of anilines is 4. The van der Waals surface area contributed by atoms with Crippen molar-refractivity contribution in [3.8, 4) is 0 Å². The van der Waals surface area contributed by atoms with Crippen LogP contribution in [0.25, 0.3) is 10.8 Å². The summed E-state index contributed by atoms with van der Waals surface area (Å²) in [4.78, 5) is 32.3. The van der Waals surface area contributed by atoms with E-state index in [1.165, 1.54) is 12.3 Å². The van der Waals surface area contributed by atoms with Crippen LogP contribution in [-0.2, 0) is 14.8 Å². The number of piperidine rings is 1. The Bertz CT molecular complexity index is 1750. The molecule has 2 N–H and O–H groups in total. The van der Waals surface area contributed by atoms with Crippen LogP contribution in [-0.4, -0.2) is 106 Å². The lowest BCUT2D eigenvalue weighted by atomic mass is 9.86. The van der Waals surface area contributed by atoms with Crippen LogP contribution in [0.1, 0.15) is 52.0 Å². The number of aliphatic hydroxyl groups is 1. The predicted octanol–water partition coefficient (Wildman–Crippen LogP) is 3.48. The molecule has 3 aromatic rings. The lowest BCUT2D eigenvalue weighted by Crippen LogP contribution is -2.68. The fourth-order valence-corrected chi connectivity index (χ4v) is 8.51. The number of nitrogens with zero attached hydrogens (tertiary/aromatic N) is 7. The number of benzene rings is 1. The maximum atomic E-state index is 12.6. The molecular weight excluding hydrogens is 604 g/mol. The van der Waals surface area contributed by atoms with E-state index < -0.39 is 15.6 Å². The summed E-state index contributed by atoms with van der Waals surface area (Å²) in [7, 11) is -3.36. The lowest BCUT2D eigenvalue weighted by molar-refractivity contribution is -0.130. The molecule has 13 heteroatoms. The summed E-state index contributed by atoms with van der Waals surface area (Å²) in [5.41, 5.74) is 1.47. The zero-order valence-electron chi connectivity index (χ0n) is 27.2. The van der Waals surface area contributed by atoms with Crippen LogP contribution in [0.15, 0.2) is 49.3 Å². The van der Waals surface area contributed by atoms with Gasteiger partial charge in [-0.3, -0.25) is 4.79 Å². The third-order valence-corrected chi connectivity index (χ3v) is 11.2. The molecule has 3 aliphatic rings. The maximum absolute atomic E-state index is 12.6. The van der Waals surface area contributed by atoms with E-state index in [-0.39, 0.29) is 30.0 Å². The van der Waals surface area contributed by atoms with Crippen molar-refractivity contribution in [3.63, 3.8) is 0 Å². The highest BCUT2D eigenvalue weighted by atomic mass is 32.2. The van der Waals surface area contributed by atoms with E-state index in [0.717, 1.165) is 22.0 Å². The largest absolute Gasteiger partial charge is 0.390 e. The first kappa shape index (κ1) is 32.1. The second-order valence-corrected chi connectivity index (χ2v) is 15.3. The lowest BCUT2D eigenvalue weighted by Gasteiger charge is -2.53. The molecule has 0 spiro atoms. The van der Waals surface area contributed by atoms with Gasteiger partial charge in [-0.15, -0.1) is 0 Å². The molecule has 0 aliphatic carbocycles. The van der Waals surface area contributed by atoms with E-state index in [9.17, 15) is 18.3 Å². The first-order chi connectivity index (χ1) is 21.8. The molecule has 1 aromatic carbocycles. The Morgan fingerprint density at radius 2 is 1.85 bits per heavy atom. The topological polar surface area (TPSA) is 135 Å². The smallest absolute Gasteiger partial charge is 0.245 e. The van der Waals surface area contributed by atoms with Gasteiger partial charge in [0.05, 0.1) is 17.9 Å². The van der Waals surface area contributed by atoms with Crippen molar-refractivity contribution >= 4 is 50.0 Å².